The van der Waals surface area contributed by atoms with Crippen LogP contribution in [0.4, 0.5) is 0 Å². The van der Waals surface area contributed by atoms with Crippen LogP contribution >= 0.6 is 7.52 Å². The van der Waals surface area contributed by atoms with Crippen molar-refractivity contribution in [2.75, 3.05) is 20.4 Å². The van der Waals surface area contributed by atoms with Crippen molar-refractivity contribution in [2.45, 2.75) is 26.3 Å². The van der Waals surface area contributed by atoms with Gasteiger partial charge in [0.1, 0.15) is 5.54 Å². The van der Waals surface area contributed by atoms with Gasteiger partial charge in [-0.25, -0.2) is 5.09 Å². The number of carbonyl (C=O) groups is 1. The van der Waals surface area contributed by atoms with Crippen LogP contribution in [0.3, 0.4) is 0 Å². The highest BCUT2D eigenvalue weighted by atomic mass is 31.2. The van der Waals surface area contributed by atoms with Gasteiger partial charge in [0.05, 0.1) is 13.7 Å². The smallest absolute Gasteiger partial charge is 0.325 e. The van der Waals surface area contributed by atoms with Gasteiger partial charge in [-0.2, -0.15) is 0 Å². The quantitative estimate of drug-likeness (QED) is 0.563. The Morgan fingerprint density at radius 1 is 1.50 bits per heavy atom. The van der Waals surface area contributed by atoms with Gasteiger partial charge < -0.3 is 9.26 Å². The molecule has 0 aliphatic rings. The van der Waals surface area contributed by atoms with E-state index >= 15 is 0 Å². The number of carbonyl (C=O) groups excluding carboxylic acids is 1. The number of ether oxygens (including phenoxy) is 1. The fraction of sp³-hybridized carbons (Fsp3) is 0.875. The number of rotatable bonds is 5. The maximum absolute atomic E-state index is 11.7. The van der Waals surface area contributed by atoms with Crippen molar-refractivity contribution in [2.24, 2.45) is 0 Å². The Labute approximate surface area is 84.7 Å². The first-order valence-corrected chi connectivity index (χ1v) is 6.42. The maximum atomic E-state index is 11.7. The molecule has 0 aromatic heterocycles. The molecule has 0 aromatic carbocycles. The molecule has 0 radical (unpaired) electrons. The molecule has 0 aromatic rings. The molecule has 0 spiro atoms. The van der Waals surface area contributed by atoms with Crippen LogP contribution < -0.4 is 5.09 Å². The third-order valence-corrected chi connectivity index (χ3v) is 3.27. The van der Waals surface area contributed by atoms with E-state index < -0.39 is 19.0 Å². The van der Waals surface area contributed by atoms with E-state index in [1.807, 2.05) is 0 Å². The minimum atomic E-state index is -2.93. The molecule has 6 heteroatoms. The molecule has 0 aliphatic carbocycles. The van der Waals surface area contributed by atoms with Crippen molar-refractivity contribution in [3.63, 3.8) is 0 Å². The lowest BCUT2D eigenvalue weighted by Gasteiger charge is -2.26. The molecule has 0 saturated carbocycles. The van der Waals surface area contributed by atoms with Crippen LogP contribution in [-0.2, 0) is 18.6 Å². The van der Waals surface area contributed by atoms with E-state index in [9.17, 15) is 9.36 Å². The second-order valence-corrected chi connectivity index (χ2v) is 5.67. The summed E-state index contributed by atoms with van der Waals surface area (Å²) in [6.45, 7) is 6.68. The summed E-state index contributed by atoms with van der Waals surface area (Å²) in [4.78, 5) is 11.3. The first-order chi connectivity index (χ1) is 6.25. The van der Waals surface area contributed by atoms with E-state index in [4.69, 9.17) is 4.52 Å². The molecule has 84 valence electrons. The Hall–Kier alpha value is -0.380. The largest absolute Gasteiger partial charge is 0.468 e. The highest BCUT2D eigenvalue weighted by molar-refractivity contribution is 7.56. The van der Waals surface area contributed by atoms with Crippen LogP contribution in [0.2, 0.25) is 0 Å². The van der Waals surface area contributed by atoms with Crippen molar-refractivity contribution in [3.8, 4) is 0 Å². The summed E-state index contributed by atoms with van der Waals surface area (Å²) in [5.41, 5.74) is -1.01. The molecular formula is C8H18NO4P. The fourth-order valence-electron chi connectivity index (χ4n) is 1.09. The van der Waals surface area contributed by atoms with Crippen LogP contribution in [0.1, 0.15) is 20.8 Å². The van der Waals surface area contributed by atoms with Gasteiger partial charge in [-0.15, -0.1) is 0 Å². The number of hydrogen-bond donors (Lipinski definition) is 1. The first kappa shape index (κ1) is 13.6. The molecule has 0 amide bonds. The van der Waals surface area contributed by atoms with Gasteiger partial charge in [-0.05, 0) is 20.8 Å². The lowest BCUT2D eigenvalue weighted by atomic mass is 10.1. The maximum Gasteiger partial charge on any atom is 0.325 e. The summed E-state index contributed by atoms with van der Waals surface area (Å²) in [7, 11) is -1.65. The summed E-state index contributed by atoms with van der Waals surface area (Å²) >= 11 is 0. The summed E-state index contributed by atoms with van der Waals surface area (Å²) in [5, 5.41) is 2.64. The Morgan fingerprint density at radius 3 is 2.36 bits per heavy atom. The summed E-state index contributed by atoms with van der Waals surface area (Å²) in [5.74, 6) is -0.473. The molecule has 0 heterocycles. The van der Waals surface area contributed by atoms with E-state index in [-0.39, 0.29) is 0 Å². The zero-order valence-corrected chi connectivity index (χ0v) is 10.2. The van der Waals surface area contributed by atoms with Gasteiger partial charge in [0.25, 0.3) is 7.52 Å². The van der Waals surface area contributed by atoms with Crippen molar-refractivity contribution >= 4 is 13.5 Å². The van der Waals surface area contributed by atoms with Crippen LogP contribution in [0.25, 0.3) is 0 Å². The average molecular weight is 223 g/mol. The van der Waals surface area contributed by atoms with Crippen molar-refractivity contribution in [1.82, 2.24) is 5.09 Å². The van der Waals surface area contributed by atoms with Crippen LogP contribution in [0, 0.1) is 0 Å². The molecular weight excluding hydrogens is 205 g/mol. The highest BCUT2D eigenvalue weighted by Gasteiger charge is 2.34. The topological polar surface area (TPSA) is 64.6 Å². The molecule has 1 atom stereocenters. The number of hydrogen-bond acceptors (Lipinski definition) is 4. The third kappa shape index (κ3) is 4.22. The van der Waals surface area contributed by atoms with Crippen LogP contribution in [-0.4, -0.2) is 31.9 Å². The minimum Gasteiger partial charge on any atom is -0.468 e. The fourth-order valence-corrected chi connectivity index (χ4v) is 2.75. The van der Waals surface area contributed by atoms with Gasteiger partial charge >= 0.3 is 5.97 Å². The van der Waals surface area contributed by atoms with Gasteiger partial charge in [-0.3, -0.25) is 9.36 Å². The zero-order valence-electron chi connectivity index (χ0n) is 9.29. The summed E-state index contributed by atoms with van der Waals surface area (Å²) in [6.07, 6.45) is 0. The predicted molar refractivity (Wildman–Crippen MR) is 54.4 cm³/mol. The van der Waals surface area contributed by atoms with Gasteiger partial charge in [0, 0.05) is 6.66 Å². The number of esters is 1. The predicted octanol–water partition coefficient (Wildman–Crippen LogP) is 1.39. The van der Waals surface area contributed by atoms with Crippen molar-refractivity contribution < 1.29 is 18.6 Å². The van der Waals surface area contributed by atoms with E-state index in [0.29, 0.717) is 6.61 Å². The standard InChI is InChI=1S/C8H18NO4P/c1-6-13-14(5,11)9-8(2,3)7(10)12-4/h6H2,1-5H3,(H,9,11). The van der Waals surface area contributed by atoms with E-state index in [1.54, 1.807) is 20.8 Å². The molecule has 0 aliphatic heterocycles. The number of nitrogens with one attached hydrogen (secondary N) is 1. The molecule has 14 heavy (non-hydrogen) atoms. The highest BCUT2D eigenvalue weighted by Crippen LogP contribution is 2.39. The molecule has 0 bridgehead atoms. The average Bonchev–Trinajstić information content (AvgIpc) is 2.00. The molecule has 1 N–H and O–H groups in total. The molecule has 0 saturated heterocycles. The Kier molecular flexibility index (Phi) is 4.78. The van der Waals surface area contributed by atoms with E-state index in [2.05, 4.69) is 9.82 Å². The van der Waals surface area contributed by atoms with Crippen molar-refractivity contribution in [3.05, 3.63) is 0 Å². The van der Waals surface area contributed by atoms with E-state index in [1.165, 1.54) is 13.8 Å². The number of methoxy groups -OCH3 is 1. The SMILES string of the molecule is CCOP(C)(=O)NC(C)(C)C(=O)OC. The zero-order chi connectivity index (χ0) is 11.4. The Bertz CT molecular complexity index is 252. The Morgan fingerprint density at radius 2 is 2.00 bits per heavy atom. The normalized spacial score (nSPS) is 16.1. The first-order valence-electron chi connectivity index (χ1n) is 4.35. The van der Waals surface area contributed by atoms with Gasteiger partial charge in [0.2, 0.25) is 0 Å². The minimum absolute atomic E-state index is 0.331. The van der Waals surface area contributed by atoms with Crippen molar-refractivity contribution in [1.29, 1.82) is 0 Å². The lowest BCUT2D eigenvalue weighted by molar-refractivity contribution is -0.146. The summed E-state index contributed by atoms with van der Waals surface area (Å²) < 4.78 is 21.3. The van der Waals surface area contributed by atoms with Crippen LogP contribution in [0.5, 0.6) is 0 Å². The molecule has 0 fully saturated rings. The molecule has 0 rings (SSSR count). The van der Waals surface area contributed by atoms with Gasteiger partial charge in [-0.1, -0.05) is 0 Å². The monoisotopic (exact) mass is 223 g/mol. The van der Waals surface area contributed by atoms with E-state index in [0.717, 1.165) is 0 Å². The third-order valence-electron chi connectivity index (χ3n) is 1.55. The second-order valence-electron chi connectivity index (χ2n) is 3.49. The second kappa shape index (κ2) is 4.91. The van der Waals surface area contributed by atoms with Crippen LogP contribution in [0.15, 0.2) is 0 Å². The Balaban J connectivity index is 4.49. The molecule has 5 nitrogen and oxygen atoms in total. The lowest BCUT2D eigenvalue weighted by Crippen LogP contribution is -2.45. The summed E-state index contributed by atoms with van der Waals surface area (Å²) in [6, 6.07) is 0. The molecule has 1 unspecified atom stereocenters. The van der Waals surface area contributed by atoms with Gasteiger partial charge in [0.15, 0.2) is 0 Å².